The second kappa shape index (κ2) is 4.01. The highest BCUT2D eigenvalue weighted by Gasteiger charge is 2.30. The molecule has 1 aromatic carbocycles. The fraction of sp³-hybridized carbons (Fsp3) is 0.300. The predicted octanol–water partition coefficient (Wildman–Crippen LogP) is 2.05. The minimum atomic E-state index is -1.01. The van der Waals surface area contributed by atoms with Gasteiger partial charge in [0.15, 0.2) is 11.6 Å². The molecule has 0 aromatic heterocycles. The highest BCUT2D eigenvalue weighted by molar-refractivity contribution is 9.09. The second-order valence-electron chi connectivity index (χ2n) is 3.63. The standard InChI is InChI=1S/C10H9BrF2N2O/c11-5-1-10(16)15(4-5)9-3-7(13)6(12)2-8(9)14/h2-3,5H,1,4,14H2. The third kappa shape index (κ3) is 1.89. The third-order valence-electron chi connectivity index (χ3n) is 2.44. The van der Waals surface area contributed by atoms with E-state index in [0.29, 0.717) is 13.0 Å². The topological polar surface area (TPSA) is 46.3 Å². The van der Waals surface area contributed by atoms with E-state index in [1.165, 1.54) is 4.90 Å². The van der Waals surface area contributed by atoms with E-state index >= 15 is 0 Å². The van der Waals surface area contributed by atoms with Crippen molar-refractivity contribution in [2.24, 2.45) is 0 Å². The largest absolute Gasteiger partial charge is 0.397 e. The van der Waals surface area contributed by atoms with Gasteiger partial charge < -0.3 is 10.6 Å². The molecule has 2 rings (SSSR count). The third-order valence-corrected chi connectivity index (χ3v) is 3.05. The summed E-state index contributed by atoms with van der Waals surface area (Å²) in [5.41, 5.74) is 5.85. The van der Waals surface area contributed by atoms with Gasteiger partial charge in [-0.25, -0.2) is 8.78 Å². The summed E-state index contributed by atoms with van der Waals surface area (Å²) in [6, 6.07) is 1.84. The van der Waals surface area contributed by atoms with Gasteiger partial charge in [0, 0.05) is 29.9 Å². The fourth-order valence-corrected chi connectivity index (χ4v) is 2.25. The highest BCUT2D eigenvalue weighted by atomic mass is 79.9. The van der Waals surface area contributed by atoms with Gasteiger partial charge in [-0.2, -0.15) is 0 Å². The molecule has 1 aliphatic heterocycles. The Hall–Kier alpha value is -1.17. The van der Waals surface area contributed by atoms with E-state index in [0.717, 1.165) is 12.1 Å². The number of rotatable bonds is 1. The van der Waals surface area contributed by atoms with Gasteiger partial charge in [-0.15, -0.1) is 0 Å². The lowest BCUT2D eigenvalue weighted by molar-refractivity contribution is -0.117. The number of hydrogen-bond donors (Lipinski definition) is 1. The van der Waals surface area contributed by atoms with Crippen LogP contribution in [0.1, 0.15) is 6.42 Å². The van der Waals surface area contributed by atoms with Crippen molar-refractivity contribution in [3.05, 3.63) is 23.8 Å². The van der Waals surface area contributed by atoms with Gasteiger partial charge in [-0.3, -0.25) is 4.79 Å². The number of halogens is 3. The molecule has 0 saturated carbocycles. The maximum absolute atomic E-state index is 13.1. The van der Waals surface area contributed by atoms with Gasteiger partial charge >= 0.3 is 0 Å². The van der Waals surface area contributed by atoms with Crippen LogP contribution in [-0.4, -0.2) is 17.3 Å². The molecule has 1 unspecified atom stereocenters. The van der Waals surface area contributed by atoms with Crippen LogP contribution in [0, 0.1) is 11.6 Å². The Balaban J connectivity index is 2.41. The lowest BCUT2D eigenvalue weighted by Crippen LogP contribution is -2.25. The Morgan fingerprint density at radius 3 is 2.56 bits per heavy atom. The molecule has 0 spiro atoms. The fourth-order valence-electron chi connectivity index (χ4n) is 1.68. The van der Waals surface area contributed by atoms with Crippen LogP contribution in [0.4, 0.5) is 20.2 Å². The smallest absolute Gasteiger partial charge is 0.228 e. The number of carbonyl (C=O) groups excluding carboxylic acids is 1. The minimum Gasteiger partial charge on any atom is -0.397 e. The van der Waals surface area contributed by atoms with Crippen molar-refractivity contribution >= 4 is 33.2 Å². The Bertz CT molecular complexity index is 453. The molecule has 1 atom stereocenters. The molecule has 0 aliphatic carbocycles. The molecule has 1 fully saturated rings. The van der Waals surface area contributed by atoms with Crippen LogP contribution in [0.2, 0.25) is 0 Å². The van der Waals surface area contributed by atoms with Crippen LogP contribution in [0.3, 0.4) is 0 Å². The van der Waals surface area contributed by atoms with Gasteiger partial charge in [0.1, 0.15) is 0 Å². The quantitative estimate of drug-likeness (QED) is 0.636. The van der Waals surface area contributed by atoms with Gasteiger partial charge in [-0.1, -0.05) is 15.9 Å². The van der Waals surface area contributed by atoms with Crippen molar-refractivity contribution in [2.45, 2.75) is 11.2 Å². The van der Waals surface area contributed by atoms with E-state index in [-0.39, 0.29) is 22.1 Å². The number of nitrogen functional groups attached to an aromatic ring is 1. The maximum atomic E-state index is 13.1. The zero-order valence-electron chi connectivity index (χ0n) is 8.21. The van der Waals surface area contributed by atoms with Crippen molar-refractivity contribution in [3.8, 4) is 0 Å². The second-order valence-corrected chi connectivity index (χ2v) is 4.93. The number of nitrogens with zero attached hydrogens (tertiary/aromatic N) is 1. The average Bonchev–Trinajstić information content (AvgIpc) is 2.51. The molecule has 2 N–H and O–H groups in total. The van der Waals surface area contributed by atoms with Crippen LogP contribution < -0.4 is 10.6 Å². The highest BCUT2D eigenvalue weighted by Crippen LogP contribution is 2.31. The molecule has 86 valence electrons. The summed E-state index contributed by atoms with van der Waals surface area (Å²) < 4.78 is 25.9. The summed E-state index contributed by atoms with van der Waals surface area (Å²) in [4.78, 5) is 12.9. The molecule has 1 saturated heterocycles. The number of hydrogen-bond acceptors (Lipinski definition) is 2. The molecule has 1 aliphatic rings. The van der Waals surface area contributed by atoms with Crippen LogP contribution in [-0.2, 0) is 4.79 Å². The normalized spacial score (nSPS) is 20.6. The Labute approximate surface area is 99.3 Å². The van der Waals surface area contributed by atoms with Crippen LogP contribution in [0.15, 0.2) is 12.1 Å². The molecule has 0 radical (unpaired) electrons. The summed E-state index contributed by atoms with van der Waals surface area (Å²) >= 11 is 3.30. The van der Waals surface area contributed by atoms with E-state index in [2.05, 4.69) is 15.9 Å². The first kappa shape index (κ1) is 11.3. The SMILES string of the molecule is Nc1cc(F)c(F)cc1N1CC(Br)CC1=O. The van der Waals surface area contributed by atoms with Crippen LogP contribution in [0.25, 0.3) is 0 Å². The summed E-state index contributed by atoms with van der Waals surface area (Å²) in [7, 11) is 0. The van der Waals surface area contributed by atoms with Gasteiger partial charge in [0.05, 0.1) is 11.4 Å². The van der Waals surface area contributed by atoms with Gasteiger partial charge in [-0.05, 0) is 0 Å². The summed E-state index contributed by atoms with van der Waals surface area (Å²) in [5.74, 6) is -2.17. The first-order chi connectivity index (χ1) is 7.49. The molecule has 0 bridgehead atoms. The summed E-state index contributed by atoms with van der Waals surface area (Å²) in [6.07, 6.45) is 0.332. The molecule has 6 heteroatoms. The zero-order chi connectivity index (χ0) is 11.9. The first-order valence-electron chi connectivity index (χ1n) is 4.68. The number of benzene rings is 1. The Morgan fingerprint density at radius 1 is 1.38 bits per heavy atom. The van der Waals surface area contributed by atoms with Crippen molar-refractivity contribution in [1.82, 2.24) is 0 Å². The number of alkyl halides is 1. The lowest BCUT2D eigenvalue weighted by atomic mass is 10.2. The molecule has 1 heterocycles. The number of nitrogens with two attached hydrogens (primary N) is 1. The Kier molecular flexibility index (Phi) is 2.84. The molecule has 1 amide bonds. The van der Waals surface area contributed by atoms with E-state index in [4.69, 9.17) is 5.73 Å². The van der Waals surface area contributed by atoms with Crippen LogP contribution in [0.5, 0.6) is 0 Å². The van der Waals surface area contributed by atoms with Crippen molar-refractivity contribution in [2.75, 3.05) is 17.2 Å². The molecule has 3 nitrogen and oxygen atoms in total. The zero-order valence-corrected chi connectivity index (χ0v) is 9.80. The van der Waals surface area contributed by atoms with E-state index in [9.17, 15) is 13.6 Å². The predicted molar refractivity (Wildman–Crippen MR) is 60.5 cm³/mol. The summed E-state index contributed by atoms with van der Waals surface area (Å²) in [5, 5.41) is 0. The summed E-state index contributed by atoms with van der Waals surface area (Å²) in [6.45, 7) is 0.411. The van der Waals surface area contributed by atoms with Crippen molar-refractivity contribution in [1.29, 1.82) is 0 Å². The number of carbonyl (C=O) groups is 1. The van der Waals surface area contributed by atoms with E-state index < -0.39 is 11.6 Å². The van der Waals surface area contributed by atoms with Crippen molar-refractivity contribution in [3.63, 3.8) is 0 Å². The van der Waals surface area contributed by atoms with E-state index in [1.54, 1.807) is 0 Å². The van der Waals surface area contributed by atoms with Gasteiger partial charge in [0.2, 0.25) is 5.91 Å². The van der Waals surface area contributed by atoms with E-state index in [1.807, 2.05) is 0 Å². The maximum Gasteiger partial charge on any atom is 0.228 e. The lowest BCUT2D eigenvalue weighted by Gasteiger charge is -2.18. The molecule has 1 aromatic rings. The first-order valence-corrected chi connectivity index (χ1v) is 5.59. The molecular formula is C10H9BrF2N2O. The monoisotopic (exact) mass is 290 g/mol. The number of anilines is 2. The molecule has 16 heavy (non-hydrogen) atoms. The Morgan fingerprint density at radius 2 is 2.00 bits per heavy atom. The van der Waals surface area contributed by atoms with Gasteiger partial charge in [0.25, 0.3) is 0 Å². The average molecular weight is 291 g/mol. The number of amides is 1. The van der Waals surface area contributed by atoms with Crippen molar-refractivity contribution < 1.29 is 13.6 Å². The minimum absolute atomic E-state index is 0.0208. The molecular weight excluding hydrogens is 282 g/mol. The van der Waals surface area contributed by atoms with Crippen LogP contribution >= 0.6 is 15.9 Å².